The van der Waals surface area contributed by atoms with Crippen molar-refractivity contribution >= 4 is 11.9 Å². The van der Waals surface area contributed by atoms with Gasteiger partial charge in [-0.3, -0.25) is 4.79 Å². The number of carboxylic acids is 1. The monoisotopic (exact) mass is 176 g/mol. The van der Waals surface area contributed by atoms with Gasteiger partial charge in [0.25, 0.3) is 0 Å². The minimum Gasteiger partial charge on any atom is -0.479 e. The van der Waals surface area contributed by atoms with Crippen molar-refractivity contribution in [3.05, 3.63) is 0 Å². The van der Waals surface area contributed by atoms with E-state index < -0.39 is 24.5 Å². The van der Waals surface area contributed by atoms with E-state index in [0.717, 1.165) is 0 Å². The second-order valence-corrected chi connectivity index (χ2v) is 2.60. The zero-order chi connectivity index (χ0) is 9.72. The summed E-state index contributed by atoms with van der Waals surface area (Å²) in [6.45, 7) is 3.29. The molecule has 1 atom stereocenters. The fraction of sp³-hybridized carbons (Fsp3) is 0.714. The lowest BCUT2D eigenvalue weighted by molar-refractivity contribution is -0.157. The number of aliphatic hydroxyl groups is 1. The number of esters is 1. The maximum Gasteiger partial charge on any atom is 0.333 e. The van der Waals surface area contributed by atoms with Crippen molar-refractivity contribution in [2.45, 2.75) is 32.5 Å². The molecule has 5 heteroatoms. The number of rotatable bonds is 4. The first-order valence-electron chi connectivity index (χ1n) is 3.54. The quantitative estimate of drug-likeness (QED) is 0.578. The van der Waals surface area contributed by atoms with Gasteiger partial charge in [-0.05, 0) is 13.8 Å². The van der Waals surface area contributed by atoms with E-state index in [1.165, 1.54) is 0 Å². The average Bonchev–Trinajstić information content (AvgIpc) is 1.84. The van der Waals surface area contributed by atoms with Crippen LogP contribution in [-0.2, 0) is 14.3 Å². The summed E-state index contributed by atoms with van der Waals surface area (Å²) < 4.78 is 4.61. The zero-order valence-corrected chi connectivity index (χ0v) is 6.98. The lowest BCUT2D eigenvalue weighted by atomic mass is 10.2. The van der Waals surface area contributed by atoms with E-state index in [1.54, 1.807) is 13.8 Å². The largest absolute Gasteiger partial charge is 0.479 e. The number of hydrogen-bond donors (Lipinski definition) is 2. The molecule has 2 N–H and O–H groups in total. The van der Waals surface area contributed by atoms with Crippen LogP contribution >= 0.6 is 0 Å². The van der Waals surface area contributed by atoms with Crippen molar-refractivity contribution in [2.75, 3.05) is 0 Å². The molecule has 0 bridgehead atoms. The van der Waals surface area contributed by atoms with Gasteiger partial charge >= 0.3 is 11.9 Å². The van der Waals surface area contributed by atoms with Crippen LogP contribution in [0.3, 0.4) is 0 Å². The van der Waals surface area contributed by atoms with Crippen LogP contribution in [-0.4, -0.2) is 34.4 Å². The van der Waals surface area contributed by atoms with Gasteiger partial charge in [-0.2, -0.15) is 0 Å². The van der Waals surface area contributed by atoms with Gasteiger partial charge in [-0.15, -0.1) is 0 Å². The smallest absolute Gasteiger partial charge is 0.333 e. The molecule has 0 aromatic heterocycles. The molecule has 0 rings (SSSR count). The van der Waals surface area contributed by atoms with Gasteiger partial charge in [-0.1, -0.05) is 0 Å². The van der Waals surface area contributed by atoms with Crippen molar-refractivity contribution in [3.8, 4) is 0 Å². The van der Waals surface area contributed by atoms with E-state index in [2.05, 4.69) is 4.74 Å². The fourth-order valence-corrected chi connectivity index (χ4v) is 0.556. The predicted octanol–water partition coefficient (Wildman–Crippen LogP) is -0.226. The third kappa shape index (κ3) is 4.68. The minimum atomic E-state index is -1.67. The van der Waals surface area contributed by atoms with Crippen molar-refractivity contribution in [3.63, 3.8) is 0 Å². The Morgan fingerprint density at radius 2 is 1.92 bits per heavy atom. The van der Waals surface area contributed by atoms with Crippen LogP contribution in [0.2, 0.25) is 0 Å². The van der Waals surface area contributed by atoms with Crippen molar-refractivity contribution in [2.24, 2.45) is 0 Å². The number of carbonyl (C=O) groups is 2. The second-order valence-electron chi connectivity index (χ2n) is 2.60. The summed E-state index contributed by atoms with van der Waals surface area (Å²) in [4.78, 5) is 20.8. The second kappa shape index (κ2) is 4.71. The normalized spacial score (nSPS) is 12.7. The van der Waals surface area contributed by atoms with E-state index in [0.29, 0.717) is 0 Å². The molecule has 0 amide bonds. The molecule has 0 aliphatic heterocycles. The van der Waals surface area contributed by atoms with Gasteiger partial charge in [0.15, 0.2) is 6.10 Å². The Balaban J connectivity index is 3.77. The molecular formula is C7H12O5. The number of aliphatic hydroxyl groups excluding tert-OH is 1. The van der Waals surface area contributed by atoms with Crippen LogP contribution in [0.5, 0.6) is 0 Å². The Kier molecular flexibility index (Phi) is 4.28. The van der Waals surface area contributed by atoms with Gasteiger partial charge in [0.2, 0.25) is 0 Å². The lowest BCUT2D eigenvalue weighted by Gasteiger charge is -2.08. The van der Waals surface area contributed by atoms with Gasteiger partial charge in [0.1, 0.15) is 0 Å². The maximum atomic E-state index is 10.7. The van der Waals surface area contributed by atoms with Crippen LogP contribution in [0, 0.1) is 0 Å². The number of carbonyl (C=O) groups excluding carboxylic acids is 1. The maximum absolute atomic E-state index is 10.7. The molecular weight excluding hydrogens is 164 g/mol. The molecule has 70 valence electrons. The molecule has 0 spiro atoms. The molecule has 0 saturated heterocycles. The summed E-state index contributed by atoms with van der Waals surface area (Å²) in [6, 6.07) is 0. The summed E-state index contributed by atoms with van der Waals surface area (Å²) >= 11 is 0. The molecule has 0 radical (unpaired) electrons. The SMILES string of the molecule is CC(C)OC(=O)CC(O)C(=O)O. The number of ether oxygens (including phenoxy) is 1. The third-order valence-corrected chi connectivity index (χ3v) is 1.01. The Morgan fingerprint density at radius 3 is 2.25 bits per heavy atom. The molecule has 0 aromatic carbocycles. The molecule has 0 saturated carbocycles. The first kappa shape index (κ1) is 10.9. The predicted molar refractivity (Wildman–Crippen MR) is 39.5 cm³/mol. The van der Waals surface area contributed by atoms with Gasteiger partial charge < -0.3 is 14.9 Å². The molecule has 0 aromatic rings. The Labute approximate surface area is 70.0 Å². The van der Waals surface area contributed by atoms with Crippen molar-refractivity contribution < 1.29 is 24.5 Å². The zero-order valence-electron chi connectivity index (χ0n) is 6.98. The number of hydrogen-bond acceptors (Lipinski definition) is 4. The highest BCUT2D eigenvalue weighted by Crippen LogP contribution is 1.97. The van der Waals surface area contributed by atoms with E-state index >= 15 is 0 Å². The lowest BCUT2D eigenvalue weighted by Crippen LogP contribution is -2.25. The number of carboxylic acid groups (broad SMARTS) is 1. The van der Waals surface area contributed by atoms with E-state index in [1.807, 2.05) is 0 Å². The molecule has 0 heterocycles. The highest BCUT2D eigenvalue weighted by molar-refractivity contribution is 5.80. The third-order valence-electron chi connectivity index (χ3n) is 1.01. The molecule has 5 nitrogen and oxygen atoms in total. The summed E-state index contributed by atoms with van der Waals surface area (Å²) in [5.74, 6) is -2.13. The fourth-order valence-electron chi connectivity index (χ4n) is 0.556. The Hall–Kier alpha value is -1.10. The van der Waals surface area contributed by atoms with Gasteiger partial charge in [-0.25, -0.2) is 4.79 Å². The summed E-state index contributed by atoms with van der Waals surface area (Å²) in [7, 11) is 0. The van der Waals surface area contributed by atoms with Crippen LogP contribution in [0.25, 0.3) is 0 Å². The first-order chi connectivity index (χ1) is 5.43. The highest BCUT2D eigenvalue weighted by atomic mass is 16.5. The van der Waals surface area contributed by atoms with E-state index in [4.69, 9.17) is 10.2 Å². The van der Waals surface area contributed by atoms with Crippen molar-refractivity contribution in [1.29, 1.82) is 0 Å². The highest BCUT2D eigenvalue weighted by Gasteiger charge is 2.19. The molecule has 0 fully saturated rings. The van der Waals surface area contributed by atoms with E-state index in [9.17, 15) is 9.59 Å². The minimum absolute atomic E-state index is 0.293. The summed E-state index contributed by atoms with van der Waals surface area (Å²) in [6.07, 6.45) is -2.47. The van der Waals surface area contributed by atoms with Gasteiger partial charge in [0, 0.05) is 0 Å². The van der Waals surface area contributed by atoms with E-state index in [-0.39, 0.29) is 6.10 Å². The van der Waals surface area contributed by atoms with Crippen LogP contribution in [0.4, 0.5) is 0 Å². The number of aliphatic carboxylic acids is 1. The standard InChI is InChI=1S/C7H12O5/c1-4(2)12-6(9)3-5(8)7(10)11/h4-5,8H,3H2,1-2H3,(H,10,11). The summed E-state index contributed by atoms with van der Waals surface area (Å²) in [5, 5.41) is 16.9. The Bertz CT molecular complexity index is 175. The summed E-state index contributed by atoms with van der Waals surface area (Å²) in [5.41, 5.74) is 0. The van der Waals surface area contributed by atoms with Crippen molar-refractivity contribution in [1.82, 2.24) is 0 Å². The molecule has 1 unspecified atom stereocenters. The van der Waals surface area contributed by atoms with Crippen LogP contribution in [0.1, 0.15) is 20.3 Å². The first-order valence-corrected chi connectivity index (χ1v) is 3.54. The van der Waals surface area contributed by atoms with Crippen LogP contribution < -0.4 is 0 Å². The molecule has 12 heavy (non-hydrogen) atoms. The molecule has 0 aliphatic rings. The molecule has 0 aliphatic carbocycles. The Morgan fingerprint density at radius 1 is 1.42 bits per heavy atom. The van der Waals surface area contributed by atoms with Crippen LogP contribution in [0.15, 0.2) is 0 Å². The average molecular weight is 176 g/mol. The van der Waals surface area contributed by atoms with Gasteiger partial charge in [0.05, 0.1) is 12.5 Å². The topological polar surface area (TPSA) is 83.8 Å².